The third-order valence-corrected chi connectivity index (χ3v) is 6.73. The van der Waals surface area contributed by atoms with Gasteiger partial charge in [0, 0.05) is 20.8 Å². The number of benzene rings is 2. The smallest absolute Gasteiger partial charge is 0.0535 e. The van der Waals surface area contributed by atoms with Crippen molar-refractivity contribution >= 4 is 22.6 Å². The molecule has 4 rings (SSSR count). The van der Waals surface area contributed by atoms with Gasteiger partial charge in [0.2, 0.25) is 0 Å². The highest BCUT2D eigenvalue weighted by Crippen LogP contribution is 2.46. The molecule has 0 amide bonds. The molecule has 0 fully saturated rings. The van der Waals surface area contributed by atoms with Crippen molar-refractivity contribution in [3.05, 3.63) is 59.2 Å². The number of aryl methyl sites for hydroxylation is 1. The molecule has 2 atom stereocenters. The van der Waals surface area contributed by atoms with Crippen LogP contribution in [0.3, 0.4) is 0 Å². The molecule has 2 aromatic carbocycles. The van der Waals surface area contributed by atoms with Crippen LogP contribution < -0.4 is 0 Å². The summed E-state index contributed by atoms with van der Waals surface area (Å²) in [6.45, 7) is 0. The van der Waals surface area contributed by atoms with Gasteiger partial charge >= 0.3 is 0 Å². The van der Waals surface area contributed by atoms with Crippen molar-refractivity contribution in [2.75, 3.05) is 5.75 Å². The molecule has 3 heteroatoms. The van der Waals surface area contributed by atoms with E-state index in [1.807, 2.05) is 11.8 Å². The van der Waals surface area contributed by atoms with Gasteiger partial charge in [-0.1, -0.05) is 30.3 Å². The average molecular weight is 286 g/mol. The first-order valence-corrected chi connectivity index (χ1v) is 8.77. The highest BCUT2D eigenvalue weighted by Gasteiger charge is 2.25. The van der Waals surface area contributed by atoms with Crippen LogP contribution in [0.25, 0.3) is 0 Å². The van der Waals surface area contributed by atoms with E-state index < -0.39 is 10.8 Å². The highest BCUT2D eigenvalue weighted by molar-refractivity contribution is 7.99. The van der Waals surface area contributed by atoms with Gasteiger partial charge in [-0.15, -0.1) is 11.8 Å². The van der Waals surface area contributed by atoms with Gasteiger partial charge in [-0.25, -0.2) is 0 Å². The molecule has 19 heavy (non-hydrogen) atoms. The summed E-state index contributed by atoms with van der Waals surface area (Å²) in [5, 5.41) is 0.486. The second-order valence-electron chi connectivity index (χ2n) is 5.09. The zero-order valence-electron chi connectivity index (χ0n) is 10.5. The van der Waals surface area contributed by atoms with E-state index in [4.69, 9.17) is 0 Å². The molecular formula is C16H14OS2. The Labute approximate surface area is 119 Å². The summed E-state index contributed by atoms with van der Waals surface area (Å²) in [4.78, 5) is 2.48. The Balaban J connectivity index is 1.69. The van der Waals surface area contributed by atoms with Crippen molar-refractivity contribution < 1.29 is 4.21 Å². The van der Waals surface area contributed by atoms with Crippen molar-refractivity contribution in [2.24, 2.45) is 0 Å². The maximum atomic E-state index is 12.0. The van der Waals surface area contributed by atoms with Gasteiger partial charge < -0.3 is 0 Å². The fourth-order valence-corrected chi connectivity index (χ4v) is 5.54. The van der Waals surface area contributed by atoms with E-state index in [1.54, 1.807) is 0 Å². The van der Waals surface area contributed by atoms with E-state index in [9.17, 15) is 4.21 Å². The molecule has 0 aliphatic carbocycles. The first kappa shape index (κ1) is 11.7. The van der Waals surface area contributed by atoms with E-state index in [-0.39, 0.29) is 0 Å². The Morgan fingerprint density at radius 3 is 2.89 bits per heavy atom. The van der Waals surface area contributed by atoms with Gasteiger partial charge in [-0.2, -0.15) is 0 Å². The third kappa shape index (κ3) is 1.96. The summed E-state index contributed by atoms with van der Waals surface area (Å²) >= 11 is 1.94. The summed E-state index contributed by atoms with van der Waals surface area (Å²) in [7, 11) is -0.768. The molecule has 1 nitrogen and oxygen atoms in total. The standard InChI is InChI=1S/C16H14OS2/c17-19-8-7-11-5-6-13(10-16(11)19)15-9-12-3-1-2-4-14(12)18-15/h1-6,10,15H,7-9H2. The van der Waals surface area contributed by atoms with E-state index in [0.717, 1.165) is 23.5 Å². The lowest BCUT2D eigenvalue weighted by atomic mass is 10.0. The topological polar surface area (TPSA) is 17.1 Å². The quantitative estimate of drug-likeness (QED) is 0.794. The van der Waals surface area contributed by atoms with Gasteiger partial charge in [-0.3, -0.25) is 4.21 Å². The summed E-state index contributed by atoms with van der Waals surface area (Å²) in [5.74, 6) is 0.802. The first-order valence-electron chi connectivity index (χ1n) is 6.57. The number of hydrogen-bond acceptors (Lipinski definition) is 2. The van der Waals surface area contributed by atoms with Crippen LogP contribution in [0.5, 0.6) is 0 Å². The lowest BCUT2D eigenvalue weighted by Crippen LogP contribution is -1.95. The van der Waals surface area contributed by atoms with Crippen LogP contribution in [-0.2, 0) is 23.6 Å². The minimum atomic E-state index is -0.768. The van der Waals surface area contributed by atoms with Crippen LogP contribution in [0.2, 0.25) is 0 Å². The van der Waals surface area contributed by atoms with Crippen molar-refractivity contribution in [1.29, 1.82) is 0 Å². The Hall–Kier alpha value is -1.06. The molecule has 2 aromatic rings. The number of thioether (sulfide) groups is 1. The van der Waals surface area contributed by atoms with E-state index in [2.05, 4.69) is 42.5 Å². The fourth-order valence-electron chi connectivity index (χ4n) is 2.87. The highest BCUT2D eigenvalue weighted by atomic mass is 32.2. The Morgan fingerprint density at radius 1 is 1.11 bits per heavy atom. The molecule has 0 saturated heterocycles. The average Bonchev–Trinajstić information content (AvgIpc) is 3.02. The van der Waals surface area contributed by atoms with E-state index >= 15 is 0 Å². The minimum Gasteiger partial charge on any atom is -0.254 e. The molecule has 0 radical (unpaired) electrons. The van der Waals surface area contributed by atoms with Crippen molar-refractivity contribution in [3.8, 4) is 0 Å². The van der Waals surface area contributed by atoms with Gasteiger partial charge in [0.1, 0.15) is 0 Å². The van der Waals surface area contributed by atoms with Gasteiger partial charge in [0.05, 0.1) is 10.8 Å². The number of fused-ring (bicyclic) bond motifs is 2. The summed E-state index contributed by atoms with van der Waals surface area (Å²) in [6, 6.07) is 15.2. The zero-order chi connectivity index (χ0) is 12.8. The largest absolute Gasteiger partial charge is 0.254 e. The molecule has 0 N–H and O–H groups in total. The van der Waals surface area contributed by atoms with Crippen molar-refractivity contribution in [3.63, 3.8) is 0 Å². The predicted molar refractivity (Wildman–Crippen MR) is 80.2 cm³/mol. The number of rotatable bonds is 1. The minimum absolute atomic E-state index is 0.486. The molecule has 2 aliphatic heterocycles. The Bertz CT molecular complexity index is 653. The fraction of sp³-hybridized carbons (Fsp3) is 0.250. The molecule has 0 bridgehead atoms. The summed E-state index contributed by atoms with van der Waals surface area (Å²) < 4.78 is 12.0. The van der Waals surface area contributed by atoms with Crippen LogP contribution in [-0.4, -0.2) is 9.96 Å². The van der Waals surface area contributed by atoms with Gasteiger partial charge in [0.25, 0.3) is 0 Å². The number of hydrogen-bond donors (Lipinski definition) is 0. The zero-order valence-corrected chi connectivity index (χ0v) is 12.1. The van der Waals surface area contributed by atoms with Crippen molar-refractivity contribution in [2.45, 2.75) is 27.9 Å². The van der Waals surface area contributed by atoms with Gasteiger partial charge in [0.15, 0.2) is 0 Å². The van der Waals surface area contributed by atoms with Crippen LogP contribution in [0, 0.1) is 0 Å². The third-order valence-electron chi connectivity index (χ3n) is 3.91. The van der Waals surface area contributed by atoms with Crippen LogP contribution in [0.15, 0.2) is 52.3 Å². The molecule has 2 aliphatic rings. The van der Waals surface area contributed by atoms with E-state index in [0.29, 0.717) is 5.25 Å². The second-order valence-corrected chi connectivity index (χ2v) is 7.87. The molecular weight excluding hydrogens is 272 g/mol. The van der Waals surface area contributed by atoms with Crippen LogP contribution >= 0.6 is 11.8 Å². The predicted octanol–water partition coefficient (Wildman–Crippen LogP) is 3.74. The molecule has 0 aromatic heterocycles. The summed E-state index contributed by atoms with van der Waals surface area (Å²) in [6.07, 6.45) is 2.06. The molecule has 96 valence electrons. The summed E-state index contributed by atoms with van der Waals surface area (Å²) in [5.41, 5.74) is 4.05. The maximum absolute atomic E-state index is 12.0. The molecule has 0 spiro atoms. The SMILES string of the molecule is O=S1CCc2ccc(C3Cc4ccccc4S3)cc21. The van der Waals surface area contributed by atoms with Crippen molar-refractivity contribution in [1.82, 2.24) is 0 Å². The Morgan fingerprint density at radius 2 is 2.00 bits per heavy atom. The van der Waals surface area contributed by atoms with Crippen LogP contribution in [0.1, 0.15) is 21.9 Å². The lowest BCUT2D eigenvalue weighted by molar-refractivity contribution is 0.685. The van der Waals surface area contributed by atoms with Crippen LogP contribution in [0.4, 0.5) is 0 Å². The normalized spacial score (nSPS) is 24.2. The lowest BCUT2D eigenvalue weighted by Gasteiger charge is -2.10. The monoisotopic (exact) mass is 286 g/mol. The van der Waals surface area contributed by atoms with E-state index in [1.165, 1.54) is 21.6 Å². The molecule has 0 saturated carbocycles. The maximum Gasteiger partial charge on any atom is 0.0535 e. The molecule has 2 heterocycles. The van der Waals surface area contributed by atoms with Gasteiger partial charge in [-0.05, 0) is 41.7 Å². The second kappa shape index (κ2) is 4.50. The Kier molecular flexibility index (Phi) is 2.78. The molecule has 2 unspecified atom stereocenters. The first-order chi connectivity index (χ1) is 9.31.